The molecule has 0 bridgehead atoms. The van der Waals surface area contributed by atoms with Gasteiger partial charge in [-0.1, -0.05) is 30.3 Å². The van der Waals surface area contributed by atoms with E-state index in [-0.39, 0.29) is 13.2 Å². The van der Waals surface area contributed by atoms with Gasteiger partial charge in [-0.05, 0) is 39.3 Å². The number of esters is 1. The zero-order chi connectivity index (χ0) is 19.9. The van der Waals surface area contributed by atoms with Crippen molar-refractivity contribution < 1.29 is 19.1 Å². The summed E-state index contributed by atoms with van der Waals surface area (Å²) in [6, 6.07) is 11.6. The second-order valence-corrected chi connectivity index (χ2v) is 7.06. The minimum Gasteiger partial charge on any atom is -0.461 e. The van der Waals surface area contributed by atoms with Crippen LogP contribution in [0.2, 0.25) is 0 Å². The third kappa shape index (κ3) is 6.77. The number of amides is 1. The first-order valence-electron chi connectivity index (χ1n) is 9.03. The molecule has 0 saturated heterocycles. The smallest absolute Gasteiger partial charge is 0.407 e. The summed E-state index contributed by atoms with van der Waals surface area (Å²) in [6.45, 7) is 8.07. The molecule has 0 aliphatic carbocycles. The van der Waals surface area contributed by atoms with Crippen molar-refractivity contribution in [2.24, 2.45) is 0 Å². The van der Waals surface area contributed by atoms with Crippen LogP contribution in [0.5, 0.6) is 0 Å². The molecule has 1 amide bonds. The first-order valence-corrected chi connectivity index (χ1v) is 9.03. The number of hydrogen-bond acceptors (Lipinski definition) is 5. The third-order valence-electron chi connectivity index (χ3n) is 3.54. The van der Waals surface area contributed by atoms with Gasteiger partial charge in [0.15, 0.2) is 0 Å². The summed E-state index contributed by atoms with van der Waals surface area (Å²) in [6.07, 6.45) is 0.108. The van der Waals surface area contributed by atoms with Crippen molar-refractivity contribution in [1.29, 1.82) is 0 Å². The maximum Gasteiger partial charge on any atom is 0.407 e. The van der Waals surface area contributed by atoms with Gasteiger partial charge in [-0.3, -0.25) is 4.68 Å². The number of nitrogens with one attached hydrogen (secondary N) is 1. The number of carbonyl (C=O) groups excluding carboxylic acids is 2. The highest BCUT2D eigenvalue weighted by Crippen LogP contribution is 2.12. The van der Waals surface area contributed by atoms with Gasteiger partial charge >= 0.3 is 12.1 Å². The van der Waals surface area contributed by atoms with Crippen LogP contribution >= 0.6 is 0 Å². The summed E-state index contributed by atoms with van der Waals surface area (Å²) in [4.78, 5) is 24.0. The molecule has 0 unspecified atom stereocenters. The van der Waals surface area contributed by atoms with E-state index in [1.54, 1.807) is 38.4 Å². The largest absolute Gasteiger partial charge is 0.461 e. The fourth-order valence-electron chi connectivity index (χ4n) is 2.48. The van der Waals surface area contributed by atoms with E-state index < -0.39 is 17.7 Å². The van der Waals surface area contributed by atoms with E-state index in [1.807, 2.05) is 30.3 Å². The van der Waals surface area contributed by atoms with Crippen LogP contribution in [-0.4, -0.2) is 40.6 Å². The lowest BCUT2D eigenvalue weighted by Gasteiger charge is -2.19. The Morgan fingerprint density at radius 3 is 2.52 bits per heavy atom. The Hall–Kier alpha value is -2.83. The van der Waals surface area contributed by atoms with Crippen molar-refractivity contribution in [2.75, 3.05) is 13.2 Å². The lowest BCUT2D eigenvalue weighted by atomic mass is 10.1. The molecule has 0 fully saturated rings. The lowest BCUT2D eigenvalue weighted by molar-refractivity contribution is 0.0512. The molecular weight excluding hydrogens is 346 g/mol. The van der Waals surface area contributed by atoms with Crippen LogP contribution < -0.4 is 5.32 Å². The second-order valence-electron chi connectivity index (χ2n) is 7.06. The number of carbonyl (C=O) groups is 2. The summed E-state index contributed by atoms with van der Waals surface area (Å²) in [5.41, 5.74) is 1.68. The maximum atomic E-state index is 12.2. The Bertz CT molecular complexity index is 763. The second kappa shape index (κ2) is 9.21. The van der Waals surface area contributed by atoms with Gasteiger partial charge in [0.2, 0.25) is 0 Å². The summed E-state index contributed by atoms with van der Waals surface area (Å²) < 4.78 is 11.9. The molecule has 0 aliphatic heterocycles. The van der Waals surface area contributed by atoms with Crippen molar-refractivity contribution in [3.05, 3.63) is 53.3 Å². The molecule has 146 valence electrons. The Labute approximate surface area is 159 Å². The van der Waals surface area contributed by atoms with Crippen molar-refractivity contribution in [3.8, 4) is 0 Å². The first kappa shape index (κ1) is 20.5. The summed E-state index contributed by atoms with van der Waals surface area (Å²) in [5.74, 6) is -0.429. The lowest BCUT2D eigenvalue weighted by Crippen LogP contribution is -2.34. The molecule has 2 rings (SSSR count). The fraction of sp³-hybridized carbons (Fsp3) is 0.450. The van der Waals surface area contributed by atoms with Crippen molar-refractivity contribution in [3.63, 3.8) is 0 Å². The van der Waals surface area contributed by atoms with Gasteiger partial charge in [0.1, 0.15) is 11.3 Å². The van der Waals surface area contributed by atoms with Crippen molar-refractivity contribution in [2.45, 2.75) is 46.3 Å². The quantitative estimate of drug-likeness (QED) is 0.754. The molecule has 7 nitrogen and oxygen atoms in total. The minimum atomic E-state index is -0.561. The van der Waals surface area contributed by atoms with Crippen LogP contribution in [0.3, 0.4) is 0 Å². The van der Waals surface area contributed by atoms with Crippen LogP contribution in [0, 0.1) is 0 Å². The zero-order valence-corrected chi connectivity index (χ0v) is 16.3. The van der Waals surface area contributed by atoms with Gasteiger partial charge in [-0.2, -0.15) is 5.10 Å². The Balaban J connectivity index is 2.06. The Kier molecular flexibility index (Phi) is 6.98. The number of ether oxygens (including phenoxy) is 2. The van der Waals surface area contributed by atoms with Gasteiger partial charge < -0.3 is 14.8 Å². The van der Waals surface area contributed by atoms with Crippen LogP contribution in [0.1, 0.15) is 49.4 Å². The van der Waals surface area contributed by atoms with Crippen molar-refractivity contribution >= 4 is 12.1 Å². The average molecular weight is 373 g/mol. The van der Waals surface area contributed by atoms with Crippen molar-refractivity contribution in [1.82, 2.24) is 15.1 Å². The Morgan fingerprint density at radius 1 is 1.19 bits per heavy atom. The first-order chi connectivity index (χ1) is 12.8. The van der Waals surface area contributed by atoms with Crippen LogP contribution in [0.4, 0.5) is 4.79 Å². The molecular formula is C20H27N3O4. The monoisotopic (exact) mass is 373 g/mol. The molecule has 1 aromatic heterocycles. The van der Waals surface area contributed by atoms with Crippen LogP contribution in [-0.2, 0) is 22.4 Å². The molecule has 0 aliphatic rings. The summed E-state index contributed by atoms with van der Waals surface area (Å²) in [5, 5.41) is 7.17. The molecule has 0 spiro atoms. The highest BCUT2D eigenvalue weighted by atomic mass is 16.6. The normalized spacial score (nSPS) is 11.1. The van der Waals surface area contributed by atoms with E-state index in [4.69, 9.17) is 9.47 Å². The predicted octanol–water partition coefficient (Wildman–Crippen LogP) is 3.18. The predicted molar refractivity (Wildman–Crippen MR) is 102 cm³/mol. The molecule has 27 heavy (non-hydrogen) atoms. The summed E-state index contributed by atoms with van der Waals surface area (Å²) in [7, 11) is 0. The third-order valence-corrected chi connectivity index (χ3v) is 3.54. The highest BCUT2D eigenvalue weighted by molar-refractivity contribution is 5.87. The highest BCUT2D eigenvalue weighted by Gasteiger charge is 2.18. The number of rotatable bonds is 7. The SMILES string of the molecule is CCOC(=O)c1cc(Cc2ccccc2)nn1CCNC(=O)OC(C)(C)C. The van der Waals surface area contributed by atoms with E-state index in [1.165, 1.54) is 0 Å². The van der Waals surface area contributed by atoms with Gasteiger partial charge in [-0.25, -0.2) is 9.59 Å². The molecule has 1 aromatic carbocycles. The maximum absolute atomic E-state index is 12.2. The number of nitrogens with zero attached hydrogens (tertiary/aromatic N) is 2. The molecule has 2 aromatic rings. The van der Waals surface area contributed by atoms with Crippen LogP contribution in [0.25, 0.3) is 0 Å². The Morgan fingerprint density at radius 2 is 1.89 bits per heavy atom. The van der Waals surface area contributed by atoms with Crippen LogP contribution in [0.15, 0.2) is 36.4 Å². The number of hydrogen-bond donors (Lipinski definition) is 1. The van der Waals surface area contributed by atoms with E-state index >= 15 is 0 Å². The number of benzene rings is 1. The number of aromatic nitrogens is 2. The molecule has 1 N–H and O–H groups in total. The van der Waals surface area contributed by atoms with E-state index in [0.717, 1.165) is 11.3 Å². The van der Waals surface area contributed by atoms with Gasteiger partial charge in [0, 0.05) is 13.0 Å². The average Bonchev–Trinajstić information content (AvgIpc) is 2.97. The molecule has 0 atom stereocenters. The van der Waals surface area contributed by atoms with E-state index in [2.05, 4.69) is 10.4 Å². The van der Waals surface area contributed by atoms with Gasteiger partial charge in [-0.15, -0.1) is 0 Å². The molecule has 0 radical (unpaired) electrons. The van der Waals surface area contributed by atoms with E-state index in [0.29, 0.717) is 18.7 Å². The fourth-order valence-corrected chi connectivity index (χ4v) is 2.48. The molecule has 7 heteroatoms. The topological polar surface area (TPSA) is 82.5 Å². The van der Waals surface area contributed by atoms with E-state index in [9.17, 15) is 9.59 Å². The number of alkyl carbamates (subject to hydrolysis) is 1. The molecule has 1 heterocycles. The van der Waals surface area contributed by atoms with Gasteiger partial charge in [0.05, 0.1) is 18.8 Å². The minimum absolute atomic E-state index is 0.285. The molecule has 0 saturated carbocycles. The standard InChI is InChI=1S/C20H27N3O4/c1-5-26-18(24)17-14-16(13-15-9-7-6-8-10-15)22-23(17)12-11-21-19(25)27-20(2,3)4/h6-10,14H,5,11-13H2,1-4H3,(H,21,25). The van der Waals surface area contributed by atoms with Gasteiger partial charge in [0.25, 0.3) is 0 Å². The zero-order valence-electron chi connectivity index (χ0n) is 16.3. The summed E-state index contributed by atoms with van der Waals surface area (Å²) >= 11 is 0.